The van der Waals surface area contributed by atoms with E-state index in [4.69, 9.17) is 4.74 Å². The first-order chi connectivity index (χ1) is 10.1. The van der Waals surface area contributed by atoms with Gasteiger partial charge in [-0.2, -0.15) is 4.39 Å². The molecule has 0 unspecified atom stereocenters. The van der Waals surface area contributed by atoms with Crippen molar-refractivity contribution in [1.82, 2.24) is 10.3 Å². The molecular weight excluding hydrogens is 342 g/mol. The fourth-order valence-corrected chi connectivity index (χ4v) is 2.31. The van der Waals surface area contributed by atoms with E-state index in [1.165, 1.54) is 18.9 Å². The van der Waals surface area contributed by atoms with Crippen LogP contribution in [-0.4, -0.2) is 11.0 Å². The van der Waals surface area contributed by atoms with Gasteiger partial charge in [0, 0.05) is 28.8 Å². The highest BCUT2D eigenvalue weighted by atomic mass is 79.9. The summed E-state index contributed by atoms with van der Waals surface area (Å²) in [5, 5.41) is 3.34. The Balaban J connectivity index is 1.83. The summed E-state index contributed by atoms with van der Waals surface area (Å²) in [4.78, 5) is 4.11. The second-order valence-corrected chi connectivity index (χ2v) is 5.84. The van der Waals surface area contributed by atoms with Gasteiger partial charge in [-0.15, -0.1) is 0 Å². The molecule has 1 aliphatic carbocycles. The maximum atomic E-state index is 13.8. The van der Waals surface area contributed by atoms with Crippen molar-refractivity contribution >= 4 is 15.9 Å². The van der Waals surface area contributed by atoms with Gasteiger partial charge in [0.2, 0.25) is 11.7 Å². The summed E-state index contributed by atoms with van der Waals surface area (Å²) in [6.07, 6.45) is 3.89. The molecule has 0 aliphatic heterocycles. The Hall–Kier alpha value is -1.53. The van der Waals surface area contributed by atoms with Crippen molar-refractivity contribution < 1.29 is 13.5 Å². The van der Waals surface area contributed by atoms with Crippen LogP contribution in [0.1, 0.15) is 18.4 Å². The van der Waals surface area contributed by atoms with E-state index in [1.54, 1.807) is 12.3 Å². The number of ether oxygens (including phenoxy) is 1. The molecule has 21 heavy (non-hydrogen) atoms. The minimum absolute atomic E-state index is 0.187. The lowest BCUT2D eigenvalue weighted by Crippen LogP contribution is -2.16. The van der Waals surface area contributed by atoms with E-state index in [2.05, 4.69) is 26.2 Å². The molecular formula is C15H13BrF2N2O. The van der Waals surface area contributed by atoms with Crippen molar-refractivity contribution in [2.75, 3.05) is 0 Å². The van der Waals surface area contributed by atoms with Crippen LogP contribution in [-0.2, 0) is 6.54 Å². The molecule has 1 fully saturated rings. The molecule has 0 radical (unpaired) electrons. The van der Waals surface area contributed by atoms with Crippen LogP contribution in [0.15, 0.2) is 34.9 Å². The molecule has 0 spiro atoms. The number of pyridine rings is 1. The maximum Gasteiger partial charge on any atom is 0.223 e. The molecule has 1 aliphatic rings. The normalized spacial score (nSPS) is 14.2. The van der Waals surface area contributed by atoms with Crippen LogP contribution in [0, 0.1) is 11.6 Å². The topological polar surface area (TPSA) is 34.1 Å². The van der Waals surface area contributed by atoms with E-state index < -0.39 is 11.6 Å². The number of hydrogen-bond donors (Lipinski definition) is 1. The van der Waals surface area contributed by atoms with Gasteiger partial charge in [0.1, 0.15) is 0 Å². The van der Waals surface area contributed by atoms with Gasteiger partial charge in [0.15, 0.2) is 11.6 Å². The highest BCUT2D eigenvalue weighted by molar-refractivity contribution is 9.10. The largest absolute Gasteiger partial charge is 0.435 e. The minimum atomic E-state index is -1.02. The van der Waals surface area contributed by atoms with Gasteiger partial charge >= 0.3 is 0 Å². The molecule has 1 aromatic carbocycles. The molecule has 3 nitrogen and oxygen atoms in total. The van der Waals surface area contributed by atoms with Gasteiger partial charge in [0.05, 0.1) is 0 Å². The van der Waals surface area contributed by atoms with Crippen LogP contribution in [0.2, 0.25) is 0 Å². The molecule has 1 heterocycles. The predicted molar refractivity (Wildman–Crippen MR) is 78.2 cm³/mol. The minimum Gasteiger partial charge on any atom is -0.435 e. The summed E-state index contributed by atoms with van der Waals surface area (Å²) < 4.78 is 33.0. The second kappa shape index (κ2) is 6.07. The lowest BCUT2D eigenvalue weighted by molar-refractivity contribution is 0.400. The number of nitrogens with one attached hydrogen (secondary N) is 1. The highest BCUT2D eigenvalue weighted by Gasteiger charge is 2.21. The van der Waals surface area contributed by atoms with E-state index >= 15 is 0 Å². The average molecular weight is 355 g/mol. The Kier molecular flexibility index (Phi) is 4.17. The number of nitrogens with zero attached hydrogens (tertiary/aromatic N) is 1. The SMILES string of the molecule is Fc1cc(Br)cc(Oc2ncccc2CNC2CC2)c1F. The number of aromatic nitrogens is 1. The zero-order valence-electron chi connectivity index (χ0n) is 11.1. The van der Waals surface area contributed by atoms with E-state index in [9.17, 15) is 8.78 Å². The third-order valence-electron chi connectivity index (χ3n) is 3.17. The van der Waals surface area contributed by atoms with Crippen LogP contribution in [0.5, 0.6) is 11.6 Å². The second-order valence-electron chi connectivity index (χ2n) is 4.92. The summed E-state index contributed by atoms with van der Waals surface area (Å²) >= 11 is 3.12. The quantitative estimate of drug-likeness (QED) is 0.818. The van der Waals surface area contributed by atoms with E-state index in [-0.39, 0.29) is 11.6 Å². The molecule has 1 saturated carbocycles. The number of benzene rings is 1. The van der Waals surface area contributed by atoms with Crippen molar-refractivity contribution in [2.24, 2.45) is 0 Å². The van der Waals surface area contributed by atoms with Crippen molar-refractivity contribution in [1.29, 1.82) is 0 Å². The predicted octanol–water partition coefficient (Wildman–Crippen LogP) is 4.17. The lowest BCUT2D eigenvalue weighted by atomic mass is 10.2. The number of hydrogen-bond acceptors (Lipinski definition) is 3. The van der Waals surface area contributed by atoms with Gasteiger partial charge in [-0.25, -0.2) is 9.37 Å². The molecule has 2 aromatic rings. The summed E-state index contributed by atoms with van der Waals surface area (Å²) in [6.45, 7) is 0.589. The Morgan fingerprint density at radius 2 is 2.14 bits per heavy atom. The standard InChI is InChI=1S/C15H13BrF2N2O/c16-10-6-12(17)14(18)13(7-10)21-15-9(2-1-5-19-15)8-20-11-3-4-11/h1-2,5-7,11,20H,3-4,8H2. The molecule has 110 valence electrons. The summed E-state index contributed by atoms with van der Waals surface area (Å²) in [6, 6.07) is 6.61. The molecule has 0 amide bonds. The molecule has 0 saturated heterocycles. The van der Waals surface area contributed by atoms with Crippen molar-refractivity contribution in [3.8, 4) is 11.6 Å². The lowest BCUT2D eigenvalue weighted by Gasteiger charge is -2.11. The molecule has 0 atom stereocenters. The van der Waals surface area contributed by atoms with Crippen molar-refractivity contribution in [2.45, 2.75) is 25.4 Å². The van der Waals surface area contributed by atoms with Gasteiger partial charge in [0.25, 0.3) is 0 Å². The first-order valence-corrected chi connectivity index (χ1v) is 7.42. The number of halogens is 3. The smallest absolute Gasteiger partial charge is 0.223 e. The molecule has 1 N–H and O–H groups in total. The zero-order chi connectivity index (χ0) is 14.8. The summed E-state index contributed by atoms with van der Waals surface area (Å²) in [5.74, 6) is -1.90. The fraction of sp³-hybridized carbons (Fsp3) is 0.267. The van der Waals surface area contributed by atoms with E-state index in [0.717, 1.165) is 11.6 Å². The number of rotatable bonds is 5. The van der Waals surface area contributed by atoms with Crippen LogP contribution < -0.4 is 10.1 Å². The summed E-state index contributed by atoms with van der Waals surface area (Å²) in [5.41, 5.74) is 0.809. The van der Waals surface area contributed by atoms with Crippen LogP contribution in [0.3, 0.4) is 0 Å². The first kappa shape index (κ1) is 14.4. The Bertz CT molecular complexity index is 662. The monoisotopic (exact) mass is 354 g/mol. The van der Waals surface area contributed by atoms with Crippen molar-refractivity contribution in [3.63, 3.8) is 0 Å². The Morgan fingerprint density at radius 3 is 2.90 bits per heavy atom. The van der Waals surface area contributed by atoms with E-state index in [0.29, 0.717) is 17.1 Å². The Labute approximate surface area is 129 Å². The van der Waals surface area contributed by atoms with Gasteiger partial charge in [-0.1, -0.05) is 22.0 Å². The fourth-order valence-electron chi connectivity index (χ4n) is 1.90. The van der Waals surface area contributed by atoms with Gasteiger partial charge < -0.3 is 10.1 Å². The van der Waals surface area contributed by atoms with Crippen LogP contribution in [0.25, 0.3) is 0 Å². The van der Waals surface area contributed by atoms with Crippen molar-refractivity contribution in [3.05, 3.63) is 52.1 Å². The van der Waals surface area contributed by atoms with E-state index in [1.807, 2.05) is 6.07 Å². The molecule has 1 aromatic heterocycles. The average Bonchev–Trinajstić information content (AvgIpc) is 3.27. The van der Waals surface area contributed by atoms with Crippen LogP contribution >= 0.6 is 15.9 Å². The van der Waals surface area contributed by atoms with Gasteiger partial charge in [-0.3, -0.25) is 0 Å². The third-order valence-corrected chi connectivity index (χ3v) is 3.63. The molecule has 0 bridgehead atoms. The Morgan fingerprint density at radius 1 is 1.33 bits per heavy atom. The molecule has 6 heteroatoms. The molecule has 3 rings (SSSR count). The highest BCUT2D eigenvalue weighted by Crippen LogP contribution is 2.30. The first-order valence-electron chi connectivity index (χ1n) is 6.63. The summed E-state index contributed by atoms with van der Waals surface area (Å²) in [7, 11) is 0. The maximum absolute atomic E-state index is 13.8. The van der Waals surface area contributed by atoms with Gasteiger partial charge in [-0.05, 0) is 31.0 Å². The zero-order valence-corrected chi connectivity index (χ0v) is 12.7. The van der Waals surface area contributed by atoms with Crippen LogP contribution in [0.4, 0.5) is 8.78 Å². The third kappa shape index (κ3) is 3.57.